The van der Waals surface area contributed by atoms with E-state index in [0.717, 1.165) is 32.8 Å². The lowest BCUT2D eigenvalue weighted by atomic mass is 10.5. The van der Waals surface area contributed by atoms with E-state index in [2.05, 4.69) is 5.32 Å². The van der Waals surface area contributed by atoms with Gasteiger partial charge in [-0.25, -0.2) is 0 Å². The van der Waals surface area contributed by atoms with Crippen LogP contribution in [0.5, 0.6) is 0 Å². The Kier molecular flexibility index (Phi) is 8.77. The van der Waals surface area contributed by atoms with Crippen LogP contribution in [0.4, 0.5) is 0 Å². The van der Waals surface area contributed by atoms with Gasteiger partial charge in [-0.2, -0.15) is 0 Å². The molecule has 0 aromatic carbocycles. The number of rotatable bonds is 7. The molecule has 0 radical (unpaired) electrons. The fourth-order valence-electron chi connectivity index (χ4n) is 0.582. The second kappa shape index (κ2) is 8.88. The van der Waals surface area contributed by atoms with Crippen molar-refractivity contribution in [3.63, 3.8) is 0 Å². The summed E-state index contributed by atoms with van der Waals surface area (Å²) in [5.41, 5.74) is 0. The van der Waals surface area contributed by atoms with Crippen molar-refractivity contribution < 1.29 is 9.47 Å². The number of methoxy groups -OCH3 is 1. The van der Waals surface area contributed by atoms with Crippen molar-refractivity contribution in [2.75, 3.05) is 40.5 Å². The van der Waals surface area contributed by atoms with Crippen molar-refractivity contribution in [3.8, 4) is 0 Å². The van der Waals surface area contributed by atoms with Gasteiger partial charge in [0.05, 0.1) is 6.61 Å². The normalized spacial score (nSPS) is 10.2. The lowest BCUT2D eigenvalue weighted by Crippen LogP contribution is -2.14. The Bertz CT molecular complexity index is 51.6. The maximum absolute atomic E-state index is 5.23. The van der Waals surface area contributed by atoms with Crippen molar-refractivity contribution in [2.45, 2.75) is 6.42 Å². The summed E-state index contributed by atoms with van der Waals surface area (Å²) >= 11 is 0. The standard InChI is InChI=1S/C7H17NO2/c1-8-4-7-10-6-3-5-9-2/h8H,3-7H2,1-2H3. The highest BCUT2D eigenvalue weighted by molar-refractivity contribution is 4.37. The van der Waals surface area contributed by atoms with Crippen LogP contribution in [0.3, 0.4) is 0 Å². The molecule has 0 saturated heterocycles. The van der Waals surface area contributed by atoms with Gasteiger partial charge in [-0.15, -0.1) is 0 Å². The SMILES string of the molecule is CNCCOCCCOC. The van der Waals surface area contributed by atoms with Gasteiger partial charge >= 0.3 is 0 Å². The predicted octanol–water partition coefficient (Wildman–Crippen LogP) is 0.259. The zero-order valence-electron chi connectivity index (χ0n) is 6.85. The van der Waals surface area contributed by atoms with Gasteiger partial charge in [0.15, 0.2) is 0 Å². The number of nitrogens with one attached hydrogen (secondary N) is 1. The minimum atomic E-state index is 0.791. The number of hydrogen-bond donors (Lipinski definition) is 1. The summed E-state index contributed by atoms with van der Waals surface area (Å²) in [6, 6.07) is 0. The quantitative estimate of drug-likeness (QED) is 0.524. The lowest BCUT2D eigenvalue weighted by Gasteiger charge is -2.01. The van der Waals surface area contributed by atoms with E-state index in [1.54, 1.807) is 7.11 Å². The van der Waals surface area contributed by atoms with Crippen LogP contribution in [0, 0.1) is 0 Å². The van der Waals surface area contributed by atoms with Crippen LogP contribution in [-0.2, 0) is 9.47 Å². The Morgan fingerprint density at radius 1 is 1.20 bits per heavy atom. The van der Waals surface area contributed by atoms with E-state index in [1.165, 1.54) is 0 Å². The van der Waals surface area contributed by atoms with Crippen LogP contribution in [0.25, 0.3) is 0 Å². The first-order valence-corrected chi connectivity index (χ1v) is 3.63. The van der Waals surface area contributed by atoms with Crippen LogP contribution in [-0.4, -0.2) is 40.5 Å². The fraction of sp³-hybridized carbons (Fsp3) is 1.00. The van der Waals surface area contributed by atoms with E-state index in [-0.39, 0.29) is 0 Å². The molecule has 0 fully saturated rings. The second-order valence-corrected chi connectivity index (χ2v) is 2.06. The number of hydrogen-bond acceptors (Lipinski definition) is 3. The van der Waals surface area contributed by atoms with E-state index in [9.17, 15) is 0 Å². The van der Waals surface area contributed by atoms with E-state index in [0.29, 0.717) is 0 Å². The molecule has 0 rings (SSSR count). The van der Waals surface area contributed by atoms with Crippen LogP contribution < -0.4 is 5.32 Å². The highest BCUT2D eigenvalue weighted by atomic mass is 16.5. The van der Waals surface area contributed by atoms with Gasteiger partial charge in [0.25, 0.3) is 0 Å². The topological polar surface area (TPSA) is 30.5 Å². The number of ether oxygens (including phenoxy) is 2. The zero-order valence-corrected chi connectivity index (χ0v) is 6.85. The summed E-state index contributed by atoms with van der Waals surface area (Å²) in [5.74, 6) is 0. The molecule has 0 atom stereocenters. The van der Waals surface area contributed by atoms with Gasteiger partial charge in [-0.1, -0.05) is 0 Å². The first-order valence-electron chi connectivity index (χ1n) is 3.63. The molecular formula is C7H17NO2. The minimum Gasteiger partial charge on any atom is -0.385 e. The molecule has 0 amide bonds. The van der Waals surface area contributed by atoms with Crippen LogP contribution >= 0.6 is 0 Å². The average molecular weight is 147 g/mol. The first-order chi connectivity index (χ1) is 4.91. The maximum Gasteiger partial charge on any atom is 0.0590 e. The molecule has 10 heavy (non-hydrogen) atoms. The van der Waals surface area contributed by atoms with Gasteiger partial charge in [0, 0.05) is 26.9 Å². The van der Waals surface area contributed by atoms with Gasteiger partial charge in [-0.05, 0) is 13.5 Å². The Hall–Kier alpha value is -0.120. The molecule has 0 aliphatic carbocycles. The molecule has 62 valence electrons. The zero-order chi connectivity index (χ0) is 7.66. The largest absolute Gasteiger partial charge is 0.385 e. The Balaban J connectivity index is 2.65. The Morgan fingerprint density at radius 2 is 2.00 bits per heavy atom. The molecular weight excluding hydrogens is 130 g/mol. The third-order valence-electron chi connectivity index (χ3n) is 1.13. The summed E-state index contributed by atoms with van der Waals surface area (Å²) < 4.78 is 10.1. The summed E-state index contributed by atoms with van der Waals surface area (Å²) in [7, 11) is 3.62. The van der Waals surface area contributed by atoms with Crippen molar-refractivity contribution >= 4 is 0 Å². The molecule has 0 heterocycles. The summed E-state index contributed by atoms with van der Waals surface area (Å²) in [5, 5.41) is 3.00. The van der Waals surface area contributed by atoms with Crippen LogP contribution in [0.2, 0.25) is 0 Å². The molecule has 0 aliphatic rings. The first kappa shape index (κ1) is 9.88. The third kappa shape index (κ3) is 7.88. The Labute approximate surface area is 62.7 Å². The lowest BCUT2D eigenvalue weighted by molar-refractivity contribution is 0.105. The van der Waals surface area contributed by atoms with E-state index in [1.807, 2.05) is 7.05 Å². The fourth-order valence-corrected chi connectivity index (χ4v) is 0.582. The monoisotopic (exact) mass is 147 g/mol. The molecule has 0 unspecified atom stereocenters. The number of likely N-dealkylation sites (N-methyl/N-ethyl adjacent to an activating group) is 1. The summed E-state index contributed by atoms with van der Waals surface area (Å²) in [4.78, 5) is 0. The van der Waals surface area contributed by atoms with E-state index in [4.69, 9.17) is 9.47 Å². The molecule has 1 N–H and O–H groups in total. The Morgan fingerprint density at radius 3 is 2.60 bits per heavy atom. The van der Waals surface area contributed by atoms with Gasteiger partial charge in [0.1, 0.15) is 0 Å². The summed E-state index contributed by atoms with van der Waals surface area (Å²) in [6.45, 7) is 3.31. The molecule has 0 aliphatic heterocycles. The highest BCUT2D eigenvalue weighted by Crippen LogP contribution is 1.81. The molecule has 0 bridgehead atoms. The second-order valence-electron chi connectivity index (χ2n) is 2.06. The van der Waals surface area contributed by atoms with E-state index >= 15 is 0 Å². The van der Waals surface area contributed by atoms with Gasteiger partial charge in [-0.3, -0.25) is 0 Å². The van der Waals surface area contributed by atoms with Gasteiger partial charge < -0.3 is 14.8 Å². The van der Waals surface area contributed by atoms with Crippen LogP contribution in [0.15, 0.2) is 0 Å². The maximum atomic E-state index is 5.23. The van der Waals surface area contributed by atoms with Gasteiger partial charge in [0.2, 0.25) is 0 Å². The molecule has 0 aromatic heterocycles. The summed E-state index contributed by atoms with van der Waals surface area (Å²) in [6.07, 6.45) is 0.986. The van der Waals surface area contributed by atoms with Crippen LogP contribution in [0.1, 0.15) is 6.42 Å². The highest BCUT2D eigenvalue weighted by Gasteiger charge is 1.86. The minimum absolute atomic E-state index is 0.791. The van der Waals surface area contributed by atoms with E-state index < -0.39 is 0 Å². The molecule has 3 nitrogen and oxygen atoms in total. The third-order valence-corrected chi connectivity index (χ3v) is 1.13. The van der Waals surface area contributed by atoms with Crippen molar-refractivity contribution in [3.05, 3.63) is 0 Å². The van der Waals surface area contributed by atoms with Crippen molar-refractivity contribution in [2.24, 2.45) is 0 Å². The molecule has 0 saturated carbocycles. The smallest absolute Gasteiger partial charge is 0.0590 e. The predicted molar refractivity (Wildman–Crippen MR) is 41.2 cm³/mol. The van der Waals surface area contributed by atoms with Crippen molar-refractivity contribution in [1.29, 1.82) is 0 Å². The average Bonchev–Trinajstić information content (AvgIpc) is 1.97. The van der Waals surface area contributed by atoms with Crippen molar-refractivity contribution in [1.82, 2.24) is 5.32 Å². The molecule has 3 heteroatoms. The molecule has 0 aromatic rings. The molecule has 0 spiro atoms.